The summed E-state index contributed by atoms with van der Waals surface area (Å²) in [6.45, 7) is 9.50. The Morgan fingerprint density at radius 2 is 2.06 bits per heavy atom. The molecule has 0 aliphatic carbocycles. The summed E-state index contributed by atoms with van der Waals surface area (Å²) >= 11 is 0. The van der Waals surface area contributed by atoms with Crippen LogP contribution in [0.25, 0.3) is 0 Å². The average molecular weight is 237 g/mol. The van der Waals surface area contributed by atoms with Crippen LogP contribution in [0.4, 0.5) is 0 Å². The molecule has 1 amide bonds. The Kier molecular flexibility index (Phi) is 5.19. The summed E-state index contributed by atoms with van der Waals surface area (Å²) in [7, 11) is 0. The summed E-state index contributed by atoms with van der Waals surface area (Å²) in [6, 6.07) is 2.04. The molecule has 1 rings (SSSR count). The number of carbonyl (C=O) groups is 1. The number of carbonyl (C=O) groups excluding carboxylic acids is 1. The van der Waals surface area contributed by atoms with E-state index in [1.54, 1.807) is 0 Å². The SMILES string of the molecule is CCC(CC)C(=O)NCCn1nc(C)cc1C. The Morgan fingerprint density at radius 3 is 2.53 bits per heavy atom. The van der Waals surface area contributed by atoms with E-state index in [1.165, 1.54) is 0 Å². The third-order valence-corrected chi connectivity index (χ3v) is 3.08. The van der Waals surface area contributed by atoms with Crippen molar-refractivity contribution in [2.45, 2.75) is 47.1 Å². The van der Waals surface area contributed by atoms with Crippen LogP contribution < -0.4 is 5.32 Å². The van der Waals surface area contributed by atoms with Crippen molar-refractivity contribution >= 4 is 5.91 Å². The molecule has 0 fully saturated rings. The molecule has 1 N–H and O–H groups in total. The first kappa shape index (κ1) is 13.7. The fourth-order valence-electron chi connectivity index (χ4n) is 1.99. The molecule has 0 saturated heterocycles. The van der Waals surface area contributed by atoms with Gasteiger partial charge in [0.2, 0.25) is 5.91 Å². The lowest BCUT2D eigenvalue weighted by atomic mass is 10.0. The summed E-state index contributed by atoms with van der Waals surface area (Å²) in [6.07, 6.45) is 1.81. The van der Waals surface area contributed by atoms with E-state index in [9.17, 15) is 4.79 Å². The van der Waals surface area contributed by atoms with Crippen molar-refractivity contribution < 1.29 is 4.79 Å². The molecule has 0 radical (unpaired) electrons. The molecular weight excluding hydrogens is 214 g/mol. The van der Waals surface area contributed by atoms with Gasteiger partial charge in [0.25, 0.3) is 0 Å². The monoisotopic (exact) mass is 237 g/mol. The molecule has 0 aromatic carbocycles. The zero-order valence-corrected chi connectivity index (χ0v) is 11.3. The van der Waals surface area contributed by atoms with E-state index < -0.39 is 0 Å². The van der Waals surface area contributed by atoms with Crippen LogP contribution in [-0.2, 0) is 11.3 Å². The summed E-state index contributed by atoms with van der Waals surface area (Å²) in [5, 5.41) is 7.33. The number of nitrogens with zero attached hydrogens (tertiary/aromatic N) is 2. The molecular formula is C13H23N3O. The van der Waals surface area contributed by atoms with Crippen LogP contribution in [0.5, 0.6) is 0 Å². The van der Waals surface area contributed by atoms with Gasteiger partial charge in [-0.1, -0.05) is 13.8 Å². The van der Waals surface area contributed by atoms with Crippen LogP contribution in [0.15, 0.2) is 6.07 Å². The van der Waals surface area contributed by atoms with E-state index in [0.717, 1.165) is 30.8 Å². The first-order valence-corrected chi connectivity index (χ1v) is 6.37. The van der Waals surface area contributed by atoms with Crippen molar-refractivity contribution in [3.63, 3.8) is 0 Å². The van der Waals surface area contributed by atoms with Crippen molar-refractivity contribution in [2.24, 2.45) is 5.92 Å². The highest BCUT2D eigenvalue weighted by molar-refractivity contribution is 5.78. The Bertz CT molecular complexity index is 367. The Labute approximate surface area is 103 Å². The number of nitrogens with one attached hydrogen (secondary N) is 1. The van der Waals surface area contributed by atoms with Crippen molar-refractivity contribution in [1.82, 2.24) is 15.1 Å². The van der Waals surface area contributed by atoms with Gasteiger partial charge < -0.3 is 5.32 Å². The minimum absolute atomic E-state index is 0.149. The maximum absolute atomic E-state index is 11.7. The largest absolute Gasteiger partial charge is 0.354 e. The molecule has 0 bridgehead atoms. The Balaban J connectivity index is 2.37. The number of aryl methyl sites for hydroxylation is 2. The van der Waals surface area contributed by atoms with Gasteiger partial charge in [0, 0.05) is 18.2 Å². The quantitative estimate of drug-likeness (QED) is 0.823. The molecule has 0 unspecified atom stereocenters. The first-order chi connectivity index (χ1) is 8.08. The van der Waals surface area contributed by atoms with E-state index in [0.29, 0.717) is 6.54 Å². The Morgan fingerprint density at radius 1 is 1.41 bits per heavy atom. The van der Waals surface area contributed by atoms with Gasteiger partial charge in [-0.15, -0.1) is 0 Å². The van der Waals surface area contributed by atoms with Gasteiger partial charge in [-0.3, -0.25) is 9.48 Å². The lowest BCUT2D eigenvalue weighted by molar-refractivity contribution is -0.125. The highest BCUT2D eigenvalue weighted by Gasteiger charge is 2.13. The minimum atomic E-state index is 0.149. The fourth-order valence-corrected chi connectivity index (χ4v) is 1.99. The maximum Gasteiger partial charge on any atom is 0.223 e. The van der Waals surface area contributed by atoms with Gasteiger partial charge in [-0.2, -0.15) is 5.10 Å². The van der Waals surface area contributed by atoms with E-state index in [-0.39, 0.29) is 11.8 Å². The second kappa shape index (κ2) is 6.42. The summed E-state index contributed by atoms with van der Waals surface area (Å²) in [5.41, 5.74) is 2.16. The second-order valence-electron chi connectivity index (χ2n) is 4.45. The summed E-state index contributed by atoms with van der Waals surface area (Å²) in [4.78, 5) is 11.7. The first-order valence-electron chi connectivity index (χ1n) is 6.37. The molecule has 17 heavy (non-hydrogen) atoms. The number of hydrogen-bond acceptors (Lipinski definition) is 2. The number of aromatic nitrogens is 2. The normalized spacial score (nSPS) is 10.9. The van der Waals surface area contributed by atoms with Gasteiger partial charge in [0.05, 0.1) is 12.2 Å². The second-order valence-corrected chi connectivity index (χ2v) is 4.45. The van der Waals surface area contributed by atoms with Crippen molar-refractivity contribution in [3.8, 4) is 0 Å². The highest BCUT2D eigenvalue weighted by atomic mass is 16.1. The molecule has 0 atom stereocenters. The number of hydrogen-bond donors (Lipinski definition) is 1. The predicted molar refractivity (Wildman–Crippen MR) is 68.8 cm³/mol. The van der Waals surface area contributed by atoms with Crippen LogP contribution in [0.1, 0.15) is 38.1 Å². The predicted octanol–water partition coefficient (Wildman–Crippen LogP) is 2.05. The van der Waals surface area contributed by atoms with Crippen molar-refractivity contribution in [1.29, 1.82) is 0 Å². The molecule has 4 nitrogen and oxygen atoms in total. The van der Waals surface area contributed by atoms with Gasteiger partial charge in [-0.25, -0.2) is 0 Å². The smallest absolute Gasteiger partial charge is 0.223 e. The molecule has 96 valence electrons. The van der Waals surface area contributed by atoms with Gasteiger partial charge in [0.1, 0.15) is 0 Å². The molecule has 4 heteroatoms. The van der Waals surface area contributed by atoms with Crippen LogP contribution in [-0.4, -0.2) is 22.2 Å². The van der Waals surface area contributed by atoms with E-state index >= 15 is 0 Å². The van der Waals surface area contributed by atoms with Crippen molar-refractivity contribution in [2.75, 3.05) is 6.54 Å². The lowest BCUT2D eigenvalue weighted by Crippen LogP contribution is -2.32. The van der Waals surface area contributed by atoms with E-state index in [4.69, 9.17) is 0 Å². The zero-order chi connectivity index (χ0) is 12.8. The van der Waals surface area contributed by atoms with Crippen LogP contribution in [0, 0.1) is 19.8 Å². The third-order valence-electron chi connectivity index (χ3n) is 3.08. The lowest BCUT2D eigenvalue weighted by Gasteiger charge is -2.13. The zero-order valence-electron chi connectivity index (χ0n) is 11.3. The number of rotatable bonds is 6. The molecule has 0 aliphatic rings. The molecule has 1 aromatic rings. The van der Waals surface area contributed by atoms with E-state index in [2.05, 4.69) is 24.3 Å². The highest BCUT2D eigenvalue weighted by Crippen LogP contribution is 2.07. The third kappa shape index (κ3) is 3.88. The fraction of sp³-hybridized carbons (Fsp3) is 0.692. The van der Waals surface area contributed by atoms with Gasteiger partial charge in [-0.05, 0) is 32.8 Å². The average Bonchev–Trinajstić information content (AvgIpc) is 2.59. The summed E-state index contributed by atoms with van der Waals surface area (Å²) < 4.78 is 1.93. The standard InChI is InChI=1S/C13H23N3O/c1-5-12(6-2)13(17)14-7-8-16-11(4)9-10(3)15-16/h9,12H,5-8H2,1-4H3,(H,14,17). The molecule has 0 saturated carbocycles. The Hall–Kier alpha value is -1.32. The van der Waals surface area contributed by atoms with Gasteiger partial charge >= 0.3 is 0 Å². The van der Waals surface area contributed by atoms with Crippen LogP contribution in [0.2, 0.25) is 0 Å². The van der Waals surface area contributed by atoms with Crippen LogP contribution in [0.3, 0.4) is 0 Å². The maximum atomic E-state index is 11.7. The molecule has 0 aliphatic heterocycles. The molecule has 1 aromatic heterocycles. The number of amides is 1. The van der Waals surface area contributed by atoms with Gasteiger partial charge in [0.15, 0.2) is 0 Å². The van der Waals surface area contributed by atoms with Crippen molar-refractivity contribution in [3.05, 3.63) is 17.5 Å². The summed E-state index contributed by atoms with van der Waals surface area (Å²) in [5.74, 6) is 0.312. The minimum Gasteiger partial charge on any atom is -0.354 e. The van der Waals surface area contributed by atoms with Crippen LogP contribution >= 0.6 is 0 Å². The topological polar surface area (TPSA) is 46.9 Å². The molecule has 1 heterocycles. The van der Waals surface area contributed by atoms with E-state index in [1.807, 2.05) is 24.6 Å². The molecule has 0 spiro atoms.